The van der Waals surface area contributed by atoms with Crippen molar-refractivity contribution < 1.29 is 19.8 Å². The van der Waals surface area contributed by atoms with E-state index in [0.717, 1.165) is 12.8 Å². The molecule has 2 amide bonds. The van der Waals surface area contributed by atoms with Gasteiger partial charge in [0, 0.05) is 6.04 Å². The van der Waals surface area contributed by atoms with Crippen LogP contribution in [-0.2, 0) is 0 Å². The molecular weight excluding hydrogens is 296 g/mol. The Hall–Kier alpha value is -1.79. The highest BCUT2D eigenvalue weighted by atomic mass is 35.5. The summed E-state index contributed by atoms with van der Waals surface area (Å²) in [5.41, 5.74) is 0.306. The van der Waals surface area contributed by atoms with Crippen molar-refractivity contribution in [1.82, 2.24) is 5.32 Å². The lowest BCUT2D eigenvalue weighted by atomic mass is 9.93. The molecular formula is C14H17ClN2O4. The van der Waals surface area contributed by atoms with Gasteiger partial charge in [0.15, 0.2) is 0 Å². The number of carbonyl (C=O) groups excluding carboxylic acids is 1. The number of urea groups is 1. The van der Waals surface area contributed by atoms with Crippen LogP contribution in [0.1, 0.15) is 36.0 Å². The Bertz CT molecular complexity index is 542. The molecule has 0 atom stereocenters. The third-order valence-electron chi connectivity index (χ3n) is 3.49. The van der Waals surface area contributed by atoms with Gasteiger partial charge in [-0.25, -0.2) is 9.59 Å². The molecule has 0 heterocycles. The van der Waals surface area contributed by atoms with Crippen LogP contribution in [0.25, 0.3) is 0 Å². The summed E-state index contributed by atoms with van der Waals surface area (Å²) in [4.78, 5) is 22.8. The van der Waals surface area contributed by atoms with Gasteiger partial charge in [-0.05, 0) is 43.9 Å². The molecule has 6 nitrogen and oxygen atoms in total. The summed E-state index contributed by atoms with van der Waals surface area (Å²) in [5.74, 6) is -1.09. The average Bonchev–Trinajstić information content (AvgIpc) is 2.43. The van der Waals surface area contributed by atoms with Gasteiger partial charge in [-0.2, -0.15) is 0 Å². The van der Waals surface area contributed by atoms with Crippen molar-refractivity contribution in [3.63, 3.8) is 0 Å². The van der Waals surface area contributed by atoms with Gasteiger partial charge in [-0.1, -0.05) is 11.6 Å². The van der Waals surface area contributed by atoms with Gasteiger partial charge in [0.25, 0.3) is 0 Å². The SMILES string of the molecule is O=C(Nc1cc(C(=O)O)ccc1Cl)NC1CCC(O)CC1. The summed E-state index contributed by atoms with van der Waals surface area (Å²) in [6, 6.07) is 3.69. The minimum atomic E-state index is -1.09. The Labute approximate surface area is 127 Å². The number of aromatic carboxylic acids is 1. The Kier molecular flexibility index (Phi) is 5.03. The molecule has 1 saturated carbocycles. The first kappa shape index (κ1) is 15.6. The molecule has 0 radical (unpaired) electrons. The summed E-state index contributed by atoms with van der Waals surface area (Å²) in [6.07, 6.45) is 2.49. The number of halogens is 1. The number of amides is 2. The van der Waals surface area contributed by atoms with Crippen LogP contribution in [0.3, 0.4) is 0 Å². The summed E-state index contributed by atoms with van der Waals surface area (Å²) >= 11 is 5.94. The molecule has 1 aliphatic carbocycles. The van der Waals surface area contributed by atoms with Crippen LogP contribution in [0.2, 0.25) is 5.02 Å². The average molecular weight is 313 g/mol. The van der Waals surface area contributed by atoms with E-state index in [2.05, 4.69) is 10.6 Å². The molecule has 1 aromatic rings. The molecule has 7 heteroatoms. The summed E-state index contributed by atoms with van der Waals surface area (Å²) in [5, 5.41) is 24.0. The van der Waals surface area contributed by atoms with Gasteiger partial charge in [0.05, 0.1) is 22.4 Å². The number of carboxylic acid groups (broad SMARTS) is 1. The number of hydrogen-bond acceptors (Lipinski definition) is 3. The molecule has 1 aromatic carbocycles. The molecule has 4 N–H and O–H groups in total. The van der Waals surface area contributed by atoms with Crippen LogP contribution in [-0.4, -0.2) is 34.4 Å². The van der Waals surface area contributed by atoms with E-state index in [9.17, 15) is 14.7 Å². The third kappa shape index (κ3) is 4.34. The monoisotopic (exact) mass is 312 g/mol. The summed E-state index contributed by atoms with van der Waals surface area (Å²) in [6.45, 7) is 0. The highest BCUT2D eigenvalue weighted by Gasteiger charge is 2.21. The van der Waals surface area contributed by atoms with E-state index in [4.69, 9.17) is 16.7 Å². The fourth-order valence-corrected chi connectivity index (χ4v) is 2.48. The molecule has 1 aliphatic rings. The lowest BCUT2D eigenvalue weighted by molar-refractivity contribution is 0.0697. The zero-order valence-corrected chi connectivity index (χ0v) is 12.1. The van der Waals surface area contributed by atoms with Gasteiger partial charge in [-0.3, -0.25) is 0 Å². The smallest absolute Gasteiger partial charge is 0.335 e. The molecule has 21 heavy (non-hydrogen) atoms. The Morgan fingerprint density at radius 3 is 2.48 bits per heavy atom. The van der Waals surface area contributed by atoms with Crippen molar-refractivity contribution in [2.24, 2.45) is 0 Å². The molecule has 114 valence electrons. The molecule has 0 aromatic heterocycles. The first-order valence-electron chi connectivity index (χ1n) is 6.74. The number of anilines is 1. The number of nitrogens with one attached hydrogen (secondary N) is 2. The third-order valence-corrected chi connectivity index (χ3v) is 3.82. The minimum Gasteiger partial charge on any atom is -0.478 e. The second-order valence-corrected chi connectivity index (χ2v) is 5.51. The van der Waals surface area contributed by atoms with Crippen LogP contribution >= 0.6 is 11.6 Å². The quantitative estimate of drug-likeness (QED) is 0.689. The van der Waals surface area contributed by atoms with E-state index in [1.165, 1.54) is 18.2 Å². The van der Waals surface area contributed by atoms with E-state index in [0.29, 0.717) is 12.8 Å². The number of aliphatic hydroxyl groups excluding tert-OH is 1. The molecule has 0 bridgehead atoms. The number of carboxylic acids is 1. The fourth-order valence-electron chi connectivity index (χ4n) is 2.32. The number of hydrogen-bond donors (Lipinski definition) is 4. The van der Waals surface area contributed by atoms with Crippen LogP contribution in [0, 0.1) is 0 Å². The second kappa shape index (κ2) is 6.78. The largest absolute Gasteiger partial charge is 0.478 e. The van der Waals surface area contributed by atoms with Crippen LogP contribution in [0.15, 0.2) is 18.2 Å². The molecule has 0 aliphatic heterocycles. The highest BCUT2D eigenvalue weighted by molar-refractivity contribution is 6.33. The topological polar surface area (TPSA) is 98.7 Å². The second-order valence-electron chi connectivity index (χ2n) is 5.10. The zero-order chi connectivity index (χ0) is 15.4. The molecule has 0 spiro atoms. The lowest BCUT2D eigenvalue weighted by Crippen LogP contribution is -2.40. The van der Waals surface area contributed by atoms with Crippen molar-refractivity contribution in [2.75, 3.05) is 5.32 Å². The lowest BCUT2D eigenvalue weighted by Gasteiger charge is -2.26. The number of aliphatic hydroxyl groups is 1. The number of rotatable bonds is 3. The first-order valence-corrected chi connectivity index (χ1v) is 7.12. The van der Waals surface area contributed by atoms with Crippen LogP contribution in [0.4, 0.5) is 10.5 Å². The highest BCUT2D eigenvalue weighted by Crippen LogP contribution is 2.23. The van der Waals surface area contributed by atoms with Crippen molar-refractivity contribution in [1.29, 1.82) is 0 Å². The van der Waals surface area contributed by atoms with E-state index < -0.39 is 12.0 Å². The molecule has 0 unspecified atom stereocenters. The van der Waals surface area contributed by atoms with Crippen molar-refractivity contribution >= 4 is 29.3 Å². The maximum atomic E-state index is 11.9. The Morgan fingerprint density at radius 1 is 1.19 bits per heavy atom. The number of benzene rings is 1. The zero-order valence-electron chi connectivity index (χ0n) is 11.3. The molecule has 0 saturated heterocycles. The van der Waals surface area contributed by atoms with Gasteiger partial charge < -0.3 is 20.8 Å². The van der Waals surface area contributed by atoms with Gasteiger partial charge in [0.2, 0.25) is 0 Å². The fraction of sp³-hybridized carbons (Fsp3) is 0.429. The molecule has 1 fully saturated rings. The first-order chi connectivity index (χ1) is 9.95. The maximum absolute atomic E-state index is 11.9. The van der Waals surface area contributed by atoms with Gasteiger partial charge >= 0.3 is 12.0 Å². The van der Waals surface area contributed by atoms with Gasteiger partial charge in [-0.15, -0.1) is 0 Å². The normalized spacial score (nSPS) is 21.6. The summed E-state index contributed by atoms with van der Waals surface area (Å²) in [7, 11) is 0. The Balaban J connectivity index is 1.96. The Morgan fingerprint density at radius 2 is 1.86 bits per heavy atom. The van der Waals surface area contributed by atoms with Crippen molar-refractivity contribution in [3.8, 4) is 0 Å². The van der Waals surface area contributed by atoms with E-state index in [1.54, 1.807) is 0 Å². The predicted molar refractivity (Wildman–Crippen MR) is 78.8 cm³/mol. The minimum absolute atomic E-state index is 0.00910. The standard InChI is InChI=1S/C14H17ClN2O4/c15-11-6-1-8(13(19)20)7-12(11)17-14(21)16-9-2-4-10(18)5-3-9/h1,6-7,9-10,18H,2-5H2,(H,19,20)(H2,16,17,21). The maximum Gasteiger partial charge on any atom is 0.335 e. The van der Waals surface area contributed by atoms with Crippen molar-refractivity contribution in [3.05, 3.63) is 28.8 Å². The van der Waals surface area contributed by atoms with E-state index in [1.807, 2.05) is 0 Å². The molecule has 2 rings (SSSR count). The number of carbonyl (C=O) groups is 2. The predicted octanol–water partition coefficient (Wildman–Crippen LogP) is 2.46. The van der Waals surface area contributed by atoms with Crippen LogP contribution < -0.4 is 10.6 Å². The summed E-state index contributed by atoms with van der Waals surface area (Å²) < 4.78 is 0. The van der Waals surface area contributed by atoms with Crippen LogP contribution in [0.5, 0.6) is 0 Å². The van der Waals surface area contributed by atoms with E-state index in [-0.39, 0.29) is 28.4 Å². The van der Waals surface area contributed by atoms with Crippen molar-refractivity contribution in [2.45, 2.75) is 37.8 Å². The van der Waals surface area contributed by atoms with Gasteiger partial charge in [0.1, 0.15) is 0 Å². The van der Waals surface area contributed by atoms with E-state index >= 15 is 0 Å².